The molecule has 2 heteroatoms. The highest BCUT2D eigenvalue weighted by Crippen LogP contribution is 2.30. The first-order valence-corrected chi connectivity index (χ1v) is 9.86. The summed E-state index contributed by atoms with van der Waals surface area (Å²) in [5.41, 5.74) is 4.82. The van der Waals surface area contributed by atoms with Gasteiger partial charge in [0.2, 0.25) is 0 Å². The van der Waals surface area contributed by atoms with Crippen molar-refractivity contribution in [3.8, 4) is 0 Å². The van der Waals surface area contributed by atoms with Crippen molar-refractivity contribution in [1.82, 2.24) is 0 Å². The molecule has 0 aromatic heterocycles. The molecule has 0 nitrogen and oxygen atoms in total. The second-order valence-electron chi connectivity index (χ2n) is 9.03. The molecule has 0 aliphatic rings. The standard InChI is InChI=1S/C21H35BS/c1-10-17-11-12-18(13-19(17)23-15-20(3,4)5)22(9)14-16(2)21(6,7)8/h11-13H,2,10,14-15H2,1,3-9H3. The largest absolute Gasteiger partial charge is 0.176 e. The number of rotatable bonds is 6. The van der Waals surface area contributed by atoms with Gasteiger partial charge >= 0.3 is 0 Å². The Morgan fingerprint density at radius 1 is 1.13 bits per heavy atom. The topological polar surface area (TPSA) is 0 Å². The van der Waals surface area contributed by atoms with Gasteiger partial charge in [0, 0.05) is 10.6 Å². The molecule has 0 spiro atoms. The first-order valence-electron chi connectivity index (χ1n) is 8.88. The number of thioether (sulfide) groups is 1. The van der Waals surface area contributed by atoms with Crippen LogP contribution in [0.5, 0.6) is 0 Å². The monoisotopic (exact) mass is 330 g/mol. The molecular formula is C21H35BS. The summed E-state index contributed by atoms with van der Waals surface area (Å²) in [6.45, 7) is 23.1. The number of hydrogen-bond acceptors (Lipinski definition) is 1. The fourth-order valence-corrected chi connectivity index (χ4v) is 3.60. The summed E-state index contributed by atoms with van der Waals surface area (Å²) >= 11 is 2.01. The van der Waals surface area contributed by atoms with Crippen molar-refractivity contribution in [3.05, 3.63) is 35.9 Å². The molecule has 0 radical (unpaired) electrons. The SMILES string of the molecule is C=C(CB(C)c1ccc(CC)c(SCC(C)(C)C)c1)C(C)(C)C. The van der Waals surface area contributed by atoms with Gasteiger partial charge in [-0.1, -0.05) is 84.5 Å². The van der Waals surface area contributed by atoms with Crippen LogP contribution >= 0.6 is 11.8 Å². The lowest BCUT2D eigenvalue weighted by Crippen LogP contribution is -2.29. The van der Waals surface area contributed by atoms with Crippen molar-refractivity contribution < 1.29 is 0 Å². The molecule has 0 saturated heterocycles. The highest BCUT2D eigenvalue weighted by Gasteiger charge is 2.21. The van der Waals surface area contributed by atoms with Crippen LogP contribution in [-0.4, -0.2) is 12.5 Å². The van der Waals surface area contributed by atoms with E-state index in [1.165, 1.54) is 21.5 Å². The second kappa shape index (κ2) is 7.97. The van der Waals surface area contributed by atoms with E-state index in [1.54, 1.807) is 0 Å². The van der Waals surface area contributed by atoms with Crippen LogP contribution in [0.3, 0.4) is 0 Å². The van der Waals surface area contributed by atoms with Crippen LogP contribution in [0.4, 0.5) is 0 Å². The van der Waals surface area contributed by atoms with Crippen LogP contribution in [0.25, 0.3) is 0 Å². The molecule has 128 valence electrons. The second-order valence-corrected chi connectivity index (χ2v) is 10.0. The zero-order chi connectivity index (χ0) is 17.8. The Morgan fingerprint density at radius 2 is 1.74 bits per heavy atom. The third kappa shape index (κ3) is 6.79. The molecule has 0 saturated carbocycles. The van der Waals surface area contributed by atoms with Gasteiger partial charge in [0.15, 0.2) is 6.71 Å². The van der Waals surface area contributed by atoms with E-state index in [9.17, 15) is 0 Å². The molecule has 0 fully saturated rings. The maximum Gasteiger partial charge on any atom is 0.176 e. The van der Waals surface area contributed by atoms with E-state index < -0.39 is 0 Å². The van der Waals surface area contributed by atoms with Crippen LogP contribution in [-0.2, 0) is 6.42 Å². The highest BCUT2D eigenvalue weighted by molar-refractivity contribution is 7.99. The smallest absolute Gasteiger partial charge is 0.125 e. The van der Waals surface area contributed by atoms with E-state index in [0.29, 0.717) is 12.1 Å². The number of aryl methyl sites for hydroxylation is 1. The van der Waals surface area contributed by atoms with Gasteiger partial charge in [-0.2, -0.15) is 0 Å². The zero-order valence-electron chi connectivity index (χ0n) is 16.5. The summed E-state index contributed by atoms with van der Waals surface area (Å²) in [7, 11) is 0. The molecular weight excluding hydrogens is 295 g/mol. The summed E-state index contributed by atoms with van der Waals surface area (Å²) in [4.78, 5) is 1.47. The predicted molar refractivity (Wildman–Crippen MR) is 111 cm³/mol. The Kier molecular flexibility index (Phi) is 7.07. The van der Waals surface area contributed by atoms with Gasteiger partial charge in [-0.05, 0) is 29.1 Å². The van der Waals surface area contributed by atoms with Crippen molar-refractivity contribution in [3.63, 3.8) is 0 Å². The fourth-order valence-electron chi connectivity index (χ4n) is 2.39. The molecule has 0 aliphatic carbocycles. The number of benzene rings is 1. The summed E-state index contributed by atoms with van der Waals surface area (Å²) < 4.78 is 0. The van der Waals surface area contributed by atoms with Crippen LogP contribution in [0.15, 0.2) is 35.2 Å². The van der Waals surface area contributed by atoms with Gasteiger partial charge < -0.3 is 0 Å². The highest BCUT2D eigenvalue weighted by atomic mass is 32.2. The third-order valence-electron chi connectivity index (χ3n) is 4.32. The van der Waals surface area contributed by atoms with Crippen LogP contribution in [0.2, 0.25) is 13.1 Å². The van der Waals surface area contributed by atoms with Gasteiger partial charge in [0.1, 0.15) is 0 Å². The van der Waals surface area contributed by atoms with Gasteiger partial charge in [0.25, 0.3) is 0 Å². The maximum absolute atomic E-state index is 4.31. The van der Waals surface area contributed by atoms with Crippen molar-refractivity contribution >= 4 is 23.9 Å². The Morgan fingerprint density at radius 3 is 2.22 bits per heavy atom. The molecule has 0 atom stereocenters. The van der Waals surface area contributed by atoms with Gasteiger partial charge in [0.05, 0.1) is 0 Å². The van der Waals surface area contributed by atoms with E-state index >= 15 is 0 Å². The lowest BCUT2D eigenvalue weighted by molar-refractivity contribution is 0.480. The normalized spacial score (nSPS) is 12.3. The molecule has 1 rings (SSSR count). The van der Waals surface area contributed by atoms with Crippen molar-refractivity contribution in [2.24, 2.45) is 10.8 Å². The summed E-state index contributed by atoms with van der Waals surface area (Å²) in [5, 5.41) is 0. The van der Waals surface area contributed by atoms with E-state index in [2.05, 4.69) is 80.1 Å². The van der Waals surface area contributed by atoms with E-state index in [-0.39, 0.29) is 5.41 Å². The number of hydrogen-bond donors (Lipinski definition) is 0. The first-order chi connectivity index (χ1) is 10.4. The summed E-state index contributed by atoms with van der Waals surface area (Å²) in [6, 6.07) is 7.08. The molecule has 1 aromatic rings. The molecule has 0 aliphatic heterocycles. The van der Waals surface area contributed by atoms with Crippen molar-refractivity contribution in [2.75, 3.05) is 5.75 Å². The molecule has 23 heavy (non-hydrogen) atoms. The van der Waals surface area contributed by atoms with E-state index in [0.717, 1.165) is 18.5 Å². The maximum atomic E-state index is 4.31. The zero-order valence-corrected chi connectivity index (χ0v) is 17.4. The minimum atomic E-state index is 0.196. The summed E-state index contributed by atoms with van der Waals surface area (Å²) in [6.07, 6.45) is 2.17. The van der Waals surface area contributed by atoms with Crippen molar-refractivity contribution in [1.29, 1.82) is 0 Å². The third-order valence-corrected chi connectivity index (χ3v) is 6.02. The minimum Gasteiger partial charge on any atom is -0.125 e. The van der Waals surface area contributed by atoms with Gasteiger partial charge in [-0.15, -0.1) is 18.3 Å². The Bertz CT molecular complexity index is 532. The molecule has 0 bridgehead atoms. The lowest BCUT2D eigenvalue weighted by atomic mass is 9.42. The van der Waals surface area contributed by atoms with Gasteiger partial charge in [-0.3, -0.25) is 0 Å². The Hall–Kier alpha value is -0.625. The first kappa shape index (κ1) is 20.4. The predicted octanol–water partition coefficient (Wildman–Crippen LogP) is 6.32. The van der Waals surface area contributed by atoms with Crippen molar-refractivity contribution in [2.45, 2.75) is 72.9 Å². The van der Waals surface area contributed by atoms with Crippen LogP contribution in [0.1, 0.15) is 54.0 Å². The van der Waals surface area contributed by atoms with E-state index in [1.807, 2.05) is 11.8 Å². The van der Waals surface area contributed by atoms with E-state index in [4.69, 9.17) is 0 Å². The molecule has 0 N–H and O–H groups in total. The van der Waals surface area contributed by atoms with Gasteiger partial charge in [-0.25, -0.2) is 0 Å². The average Bonchev–Trinajstić information content (AvgIpc) is 2.42. The van der Waals surface area contributed by atoms with Crippen LogP contribution < -0.4 is 5.46 Å². The lowest BCUT2D eigenvalue weighted by Gasteiger charge is -2.24. The van der Waals surface area contributed by atoms with Crippen LogP contribution in [0, 0.1) is 10.8 Å². The number of allylic oxidation sites excluding steroid dienone is 1. The quantitative estimate of drug-likeness (QED) is 0.334. The summed E-state index contributed by atoms with van der Waals surface area (Å²) in [5.74, 6) is 1.16. The minimum absolute atomic E-state index is 0.196. The molecule has 0 heterocycles. The molecule has 0 amide bonds. The molecule has 1 aromatic carbocycles. The average molecular weight is 330 g/mol. The Balaban J connectivity index is 2.94. The Labute approximate surface area is 149 Å². The fraction of sp³-hybridized carbons (Fsp3) is 0.619. The molecule has 0 unspecified atom stereocenters.